The molecular weight excluding hydrogens is 256 g/mol. The van der Waals surface area contributed by atoms with Crippen molar-refractivity contribution in [3.63, 3.8) is 0 Å². The Morgan fingerprint density at radius 3 is 2.60 bits per heavy atom. The number of nitrogens with zero attached hydrogens (tertiary/aromatic N) is 1. The van der Waals surface area contributed by atoms with Crippen LogP contribution in [0.15, 0.2) is 30.3 Å². The molecule has 0 aliphatic rings. The Kier molecular flexibility index (Phi) is 7.31. The van der Waals surface area contributed by atoms with Gasteiger partial charge in [-0.15, -0.1) is 0 Å². The van der Waals surface area contributed by atoms with E-state index in [0.717, 1.165) is 19.5 Å². The number of hydrogen-bond acceptors (Lipinski definition) is 4. The lowest BCUT2D eigenvalue weighted by Gasteiger charge is -2.16. The molecule has 4 N–H and O–H groups in total. The minimum atomic E-state index is -0.820. The van der Waals surface area contributed by atoms with Crippen molar-refractivity contribution in [3.8, 4) is 0 Å². The van der Waals surface area contributed by atoms with Gasteiger partial charge in [0.2, 0.25) is 5.91 Å². The highest BCUT2D eigenvalue weighted by molar-refractivity contribution is 5.94. The fourth-order valence-corrected chi connectivity index (χ4v) is 1.83. The van der Waals surface area contributed by atoms with Crippen LogP contribution in [-0.4, -0.2) is 43.5 Å². The van der Waals surface area contributed by atoms with E-state index < -0.39 is 11.9 Å². The first-order chi connectivity index (χ1) is 9.58. The summed E-state index contributed by atoms with van der Waals surface area (Å²) in [5.74, 6) is -0.407. The number of imide groups is 1. The van der Waals surface area contributed by atoms with E-state index in [4.69, 9.17) is 5.73 Å². The van der Waals surface area contributed by atoms with Gasteiger partial charge >= 0.3 is 6.03 Å². The number of amides is 3. The Morgan fingerprint density at radius 2 is 1.95 bits per heavy atom. The normalized spacial score (nSPS) is 10.5. The summed E-state index contributed by atoms with van der Waals surface area (Å²) in [7, 11) is 2.06. The Labute approximate surface area is 119 Å². The fraction of sp³-hybridized carbons (Fsp3) is 0.429. The van der Waals surface area contributed by atoms with Crippen molar-refractivity contribution in [1.29, 1.82) is 0 Å². The van der Waals surface area contributed by atoms with Crippen molar-refractivity contribution in [1.82, 2.24) is 15.5 Å². The number of urea groups is 1. The van der Waals surface area contributed by atoms with Crippen LogP contribution in [0, 0.1) is 0 Å². The van der Waals surface area contributed by atoms with Crippen LogP contribution in [0.4, 0.5) is 4.79 Å². The van der Waals surface area contributed by atoms with Gasteiger partial charge in [-0.2, -0.15) is 0 Å². The molecule has 0 fully saturated rings. The van der Waals surface area contributed by atoms with Gasteiger partial charge in [-0.05, 0) is 32.1 Å². The van der Waals surface area contributed by atoms with Crippen LogP contribution in [0.5, 0.6) is 0 Å². The molecule has 0 bridgehead atoms. The van der Waals surface area contributed by atoms with Gasteiger partial charge < -0.3 is 16.0 Å². The zero-order valence-electron chi connectivity index (χ0n) is 11.8. The summed E-state index contributed by atoms with van der Waals surface area (Å²) in [6, 6.07) is 9.44. The first kappa shape index (κ1) is 16.1. The molecule has 6 nitrogen and oxygen atoms in total. The lowest BCUT2D eigenvalue weighted by molar-refractivity contribution is -0.119. The molecule has 1 rings (SSSR count). The maximum absolute atomic E-state index is 11.1. The maximum atomic E-state index is 11.1. The van der Waals surface area contributed by atoms with E-state index in [1.807, 2.05) is 23.5 Å². The lowest BCUT2D eigenvalue weighted by atomic mass is 10.2. The molecule has 110 valence electrons. The van der Waals surface area contributed by atoms with Gasteiger partial charge in [-0.1, -0.05) is 30.3 Å². The predicted molar refractivity (Wildman–Crippen MR) is 78.0 cm³/mol. The smallest absolute Gasteiger partial charge is 0.318 e. The van der Waals surface area contributed by atoms with Crippen LogP contribution in [-0.2, 0) is 11.3 Å². The molecule has 0 unspecified atom stereocenters. The fourth-order valence-electron chi connectivity index (χ4n) is 1.83. The van der Waals surface area contributed by atoms with Crippen molar-refractivity contribution in [2.75, 3.05) is 26.7 Å². The third-order valence-electron chi connectivity index (χ3n) is 2.74. The van der Waals surface area contributed by atoms with Crippen molar-refractivity contribution >= 4 is 11.9 Å². The summed E-state index contributed by atoms with van der Waals surface area (Å²) in [6.45, 7) is 2.65. The molecule has 1 aromatic rings. The van der Waals surface area contributed by atoms with E-state index in [1.165, 1.54) is 5.56 Å². The summed E-state index contributed by atoms with van der Waals surface area (Å²) in [6.07, 6.45) is 0.924. The highest BCUT2D eigenvalue weighted by atomic mass is 16.2. The van der Waals surface area contributed by atoms with E-state index >= 15 is 0 Å². The number of benzene rings is 1. The second-order valence-electron chi connectivity index (χ2n) is 4.67. The van der Waals surface area contributed by atoms with Crippen LogP contribution in [0.1, 0.15) is 12.0 Å². The molecule has 0 saturated carbocycles. The average molecular weight is 278 g/mol. The average Bonchev–Trinajstić information content (AvgIpc) is 2.38. The Morgan fingerprint density at radius 1 is 1.25 bits per heavy atom. The highest BCUT2D eigenvalue weighted by Crippen LogP contribution is 2.02. The van der Waals surface area contributed by atoms with E-state index in [9.17, 15) is 9.59 Å². The first-order valence-corrected chi connectivity index (χ1v) is 6.60. The summed E-state index contributed by atoms with van der Waals surface area (Å²) in [5.41, 5.74) is 6.11. The second-order valence-corrected chi connectivity index (χ2v) is 4.67. The molecule has 0 heterocycles. The SMILES string of the molecule is CN(CCCNCC(=O)NC(N)=O)Cc1ccccc1. The highest BCUT2D eigenvalue weighted by Gasteiger charge is 2.03. The molecular formula is C14H22N4O2. The molecule has 1 aromatic carbocycles. The standard InChI is InChI=1S/C14H22N4O2/c1-18(11-12-6-3-2-4-7-12)9-5-8-16-10-13(19)17-14(15)20/h2-4,6-7,16H,5,8-11H2,1H3,(H3,15,17,19,20). The molecule has 0 atom stereocenters. The summed E-state index contributed by atoms with van der Waals surface area (Å²) < 4.78 is 0. The van der Waals surface area contributed by atoms with Crippen LogP contribution >= 0.6 is 0 Å². The number of carbonyl (C=O) groups excluding carboxylic acids is 2. The van der Waals surface area contributed by atoms with Crippen molar-refractivity contribution in [2.45, 2.75) is 13.0 Å². The molecule has 3 amide bonds. The van der Waals surface area contributed by atoms with Gasteiger partial charge in [-0.25, -0.2) is 4.79 Å². The number of primary amides is 1. The Bertz CT molecular complexity index is 422. The van der Waals surface area contributed by atoms with Crippen molar-refractivity contribution in [3.05, 3.63) is 35.9 Å². The van der Waals surface area contributed by atoms with Gasteiger partial charge in [-0.3, -0.25) is 10.1 Å². The third kappa shape index (κ3) is 7.50. The number of rotatable bonds is 8. The van der Waals surface area contributed by atoms with E-state index in [-0.39, 0.29) is 6.54 Å². The van der Waals surface area contributed by atoms with Crippen LogP contribution in [0.25, 0.3) is 0 Å². The van der Waals surface area contributed by atoms with E-state index in [2.05, 4.69) is 29.4 Å². The molecule has 0 aliphatic carbocycles. The van der Waals surface area contributed by atoms with Gasteiger partial charge in [0.1, 0.15) is 0 Å². The molecule has 0 aromatic heterocycles. The Balaban J connectivity index is 2.06. The second kappa shape index (κ2) is 9.06. The predicted octanol–water partition coefficient (Wildman–Crippen LogP) is 0.293. The number of carbonyl (C=O) groups is 2. The van der Waals surface area contributed by atoms with Crippen LogP contribution in [0.3, 0.4) is 0 Å². The maximum Gasteiger partial charge on any atom is 0.318 e. The number of nitrogens with two attached hydrogens (primary N) is 1. The summed E-state index contributed by atoms with van der Waals surface area (Å²) >= 11 is 0. The van der Waals surface area contributed by atoms with Gasteiger partial charge in [0, 0.05) is 6.54 Å². The first-order valence-electron chi connectivity index (χ1n) is 6.60. The van der Waals surface area contributed by atoms with Gasteiger partial charge in [0.05, 0.1) is 6.54 Å². The zero-order valence-corrected chi connectivity index (χ0v) is 11.8. The number of nitrogens with one attached hydrogen (secondary N) is 2. The molecule has 0 saturated heterocycles. The largest absolute Gasteiger partial charge is 0.351 e. The summed E-state index contributed by atoms with van der Waals surface area (Å²) in [4.78, 5) is 23.7. The molecule has 6 heteroatoms. The molecule has 0 spiro atoms. The lowest BCUT2D eigenvalue weighted by Crippen LogP contribution is -2.41. The summed E-state index contributed by atoms with van der Waals surface area (Å²) in [5, 5.41) is 4.97. The quantitative estimate of drug-likeness (QED) is 0.597. The monoisotopic (exact) mass is 278 g/mol. The zero-order chi connectivity index (χ0) is 14.8. The molecule has 0 radical (unpaired) electrons. The minimum absolute atomic E-state index is 0.103. The van der Waals surface area contributed by atoms with Crippen molar-refractivity contribution < 1.29 is 9.59 Å². The third-order valence-corrected chi connectivity index (χ3v) is 2.74. The van der Waals surface area contributed by atoms with Gasteiger partial charge in [0.15, 0.2) is 0 Å². The molecule has 0 aliphatic heterocycles. The Hall–Kier alpha value is -1.92. The van der Waals surface area contributed by atoms with E-state index in [1.54, 1.807) is 0 Å². The van der Waals surface area contributed by atoms with Gasteiger partial charge in [0.25, 0.3) is 0 Å². The van der Waals surface area contributed by atoms with Crippen LogP contribution in [0.2, 0.25) is 0 Å². The van der Waals surface area contributed by atoms with Crippen molar-refractivity contribution in [2.24, 2.45) is 5.73 Å². The topological polar surface area (TPSA) is 87.5 Å². The van der Waals surface area contributed by atoms with Crippen LogP contribution < -0.4 is 16.4 Å². The molecule has 20 heavy (non-hydrogen) atoms. The minimum Gasteiger partial charge on any atom is -0.351 e. The van der Waals surface area contributed by atoms with E-state index in [0.29, 0.717) is 6.54 Å². The number of hydrogen-bond donors (Lipinski definition) is 3.